The average Bonchev–Trinajstić information content (AvgIpc) is 2.50. The van der Waals surface area contributed by atoms with Crippen molar-refractivity contribution in [1.29, 1.82) is 0 Å². The fourth-order valence-corrected chi connectivity index (χ4v) is 2.63. The molecule has 1 N–H and O–H groups in total. The van der Waals surface area contributed by atoms with Gasteiger partial charge < -0.3 is 14.8 Å². The second kappa shape index (κ2) is 8.15. The van der Waals surface area contributed by atoms with Crippen LogP contribution in [0.5, 0.6) is 11.5 Å². The van der Waals surface area contributed by atoms with E-state index in [9.17, 15) is 0 Å². The molecule has 1 saturated heterocycles. The summed E-state index contributed by atoms with van der Waals surface area (Å²) < 4.78 is 11.6. The first-order valence-electron chi connectivity index (χ1n) is 7.95. The van der Waals surface area contributed by atoms with E-state index >= 15 is 0 Å². The molecule has 1 atom stereocenters. The van der Waals surface area contributed by atoms with Crippen molar-refractivity contribution in [2.24, 2.45) is 0 Å². The lowest BCUT2D eigenvalue weighted by Gasteiger charge is -2.24. The normalized spacial score (nSPS) is 18.8. The molecule has 1 aromatic rings. The molecular formula is C17H27NO2. The van der Waals surface area contributed by atoms with Crippen LogP contribution in [0.2, 0.25) is 0 Å². The molecular weight excluding hydrogens is 250 g/mol. The molecule has 1 aliphatic rings. The molecule has 0 aliphatic carbocycles. The Morgan fingerprint density at radius 3 is 2.80 bits per heavy atom. The zero-order chi connectivity index (χ0) is 14.2. The highest BCUT2D eigenvalue weighted by Gasteiger charge is 2.17. The van der Waals surface area contributed by atoms with Crippen molar-refractivity contribution in [3.8, 4) is 11.5 Å². The molecule has 2 rings (SSSR count). The van der Waals surface area contributed by atoms with Gasteiger partial charge in [0, 0.05) is 6.54 Å². The van der Waals surface area contributed by atoms with Crippen molar-refractivity contribution in [2.75, 3.05) is 26.3 Å². The SMILES string of the molecule is CCCCOc1ccc(C2CCCNC2)cc1OCC. The van der Waals surface area contributed by atoms with Gasteiger partial charge in [-0.1, -0.05) is 19.4 Å². The molecule has 0 saturated carbocycles. The standard InChI is InChI=1S/C17H27NO2/c1-3-5-11-20-16-9-8-14(12-17(16)19-4-2)15-7-6-10-18-13-15/h8-9,12,15,18H,3-7,10-11,13H2,1-2H3. The Morgan fingerprint density at radius 1 is 1.20 bits per heavy atom. The summed E-state index contributed by atoms with van der Waals surface area (Å²) in [5, 5.41) is 3.47. The Morgan fingerprint density at radius 2 is 2.10 bits per heavy atom. The maximum Gasteiger partial charge on any atom is 0.161 e. The maximum absolute atomic E-state index is 5.83. The minimum Gasteiger partial charge on any atom is -0.490 e. The highest BCUT2D eigenvalue weighted by Crippen LogP contribution is 2.33. The van der Waals surface area contributed by atoms with E-state index in [0.29, 0.717) is 12.5 Å². The number of benzene rings is 1. The Hall–Kier alpha value is -1.22. The first kappa shape index (κ1) is 15.2. The van der Waals surface area contributed by atoms with Gasteiger partial charge in [0.05, 0.1) is 13.2 Å². The van der Waals surface area contributed by atoms with Gasteiger partial charge in [-0.25, -0.2) is 0 Å². The third kappa shape index (κ3) is 4.14. The topological polar surface area (TPSA) is 30.5 Å². The number of hydrogen-bond donors (Lipinski definition) is 1. The number of ether oxygens (including phenoxy) is 2. The van der Waals surface area contributed by atoms with Crippen molar-refractivity contribution in [1.82, 2.24) is 5.32 Å². The van der Waals surface area contributed by atoms with Crippen molar-refractivity contribution in [3.63, 3.8) is 0 Å². The summed E-state index contributed by atoms with van der Waals surface area (Å²) in [5.41, 5.74) is 1.36. The number of hydrogen-bond acceptors (Lipinski definition) is 3. The minimum absolute atomic E-state index is 0.604. The van der Waals surface area contributed by atoms with E-state index in [1.165, 1.54) is 18.4 Å². The van der Waals surface area contributed by atoms with Crippen LogP contribution in [-0.4, -0.2) is 26.3 Å². The summed E-state index contributed by atoms with van der Waals surface area (Å²) in [6.45, 7) is 7.85. The third-order valence-corrected chi connectivity index (χ3v) is 3.79. The Bertz CT molecular complexity index is 400. The van der Waals surface area contributed by atoms with E-state index in [1.54, 1.807) is 0 Å². The molecule has 0 bridgehead atoms. The lowest BCUT2D eigenvalue weighted by atomic mass is 9.91. The fraction of sp³-hybridized carbons (Fsp3) is 0.647. The van der Waals surface area contributed by atoms with Gasteiger partial charge in [-0.2, -0.15) is 0 Å². The lowest BCUT2D eigenvalue weighted by Crippen LogP contribution is -2.28. The van der Waals surface area contributed by atoms with Gasteiger partial charge in [0.15, 0.2) is 11.5 Å². The molecule has 0 aromatic heterocycles. The van der Waals surface area contributed by atoms with Crippen molar-refractivity contribution >= 4 is 0 Å². The zero-order valence-corrected chi connectivity index (χ0v) is 12.8. The molecule has 1 heterocycles. The summed E-state index contributed by atoms with van der Waals surface area (Å²) in [7, 11) is 0. The first-order chi connectivity index (χ1) is 9.85. The maximum atomic E-state index is 5.83. The molecule has 0 radical (unpaired) electrons. The average molecular weight is 277 g/mol. The van der Waals surface area contributed by atoms with Gasteiger partial charge in [0.25, 0.3) is 0 Å². The molecule has 1 fully saturated rings. The summed E-state index contributed by atoms with van der Waals surface area (Å²) in [6, 6.07) is 6.44. The number of rotatable bonds is 7. The van der Waals surface area contributed by atoms with E-state index in [0.717, 1.165) is 44.0 Å². The molecule has 3 heteroatoms. The van der Waals surface area contributed by atoms with Gasteiger partial charge in [-0.05, 0) is 56.3 Å². The molecule has 3 nitrogen and oxygen atoms in total. The quantitative estimate of drug-likeness (QED) is 0.770. The molecule has 0 spiro atoms. The predicted molar refractivity (Wildman–Crippen MR) is 82.9 cm³/mol. The highest BCUT2D eigenvalue weighted by atomic mass is 16.5. The smallest absolute Gasteiger partial charge is 0.161 e. The van der Waals surface area contributed by atoms with Gasteiger partial charge in [-0.3, -0.25) is 0 Å². The highest BCUT2D eigenvalue weighted by molar-refractivity contribution is 5.44. The van der Waals surface area contributed by atoms with Gasteiger partial charge >= 0.3 is 0 Å². The van der Waals surface area contributed by atoms with Crippen LogP contribution in [0.3, 0.4) is 0 Å². The van der Waals surface area contributed by atoms with Crippen molar-refractivity contribution < 1.29 is 9.47 Å². The van der Waals surface area contributed by atoms with Crippen molar-refractivity contribution in [3.05, 3.63) is 23.8 Å². The van der Waals surface area contributed by atoms with Crippen LogP contribution >= 0.6 is 0 Å². The fourth-order valence-electron chi connectivity index (χ4n) is 2.63. The summed E-state index contributed by atoms with van der Waals surface area (Å²) in [4.78, 5) is 0. The molecule has 1 aliphatic heterocycles. The van der Waals surface area contributed by atoms with Crippen molar-refractivity contribution in [2.45, 2.75) is 45.4 Å². The summed E-state index contributed by atoms with van der Waals surface area (Å²) >= 11 is 0. The molecule has 1 aromatic carbocycles. The number of piperidine rings is 1. The number of nitrogens with one attached hydrogen (secondary N) is 1. The second-order valence-corrected chi connectivity index (χ2v) is 5.38. The monoisotopic (exact) mass is 277 g/mol. The van der Waals surface area contributed by atoms with Gasteiger partial charge in [-0.15, -0.1) is 0 Å². The molecule has 20 heavy (non-hydrogen) atoms. The lowest BCUT2D eigenvalue weighted by molar-refractivity contribution is 0.272. The Kier molecular flexibility index (Phi) is 6.19. The molecule has 0 amide bonds. The van der Waals surface area contributed by atoms with Gasteiger partial charge in [0.1, 0.15) is 0 Å². The first-order valence-corrected chi connectivity index (χ1v) is 7.95. The van der Waals surface area contributed by atoms with Crippen LogP contribution in [0.4, 0.5) is 0 Å². The molecule has 112 valence electrons. The number of unbranched alkanes of at least 4 members (excludes halogenated alkanes) is 1. The van der Waals surface area contributed by atoms with Crippen LogP contribution < -0.4 is 14.8 Å². The largest absolute Gasteiger partial charge is 0.490 e. The molecule has 1 unspecified atom stereocenters. The van der Waals surface area contributed by atoms with Crippen LogP contribution in [0.15, 0.2) is 18.2 Å². The summed E-state index contributed by atoms with van der Waals surface area (Å²) in [5.74, 6) is 2.38. The van der Waals surface area contributed by atoms with Crippen LogP contribution in [0.25, 0.3) is 0 Å². The van der Waals surface area contributed by atoms with Crippen LogP contribution in [0.1, 0.15) is 51.0 Å². The Labute approximate surface area is 122 Å². The summed E-state index contributed by atoms with van der Waals surface area (Å²) in [6.07, 6.45) is 4.74. The van der Waals surface area contributed by atoms with E-state index in [1.807, 2.05) is 6.92 Å². The third-order valence-electron chi connectivity index (χ3n) is 3.79. The van der Waals surface area contributed by atoms with E-state index in [2.05, 4.69) is 30.4 Å². The van der Waals surface area contributed by atoms with Gasteiger partial charge in [0.2, 0.25) is 0 Å². The van der Waals surface area contributed by atoms with E-state index in [-0.39, 0.29) is 0 Å². The Balaban J connectivity index is 2.08. The van der Waals surface area contributed by atoms with Crippen LogP contribution in [-0.2, 0) is 0 Å². The predicted octanol–water partition coefficient (Wildman–Crippen LogP) is 3.73. The van der Waals surface area contributed by atoms with E-state index in [4.69, 9.17) is 9.47 Å². The zero-order valence-electron chi connectivity index (χ0n) is 12.8. The van der Waals surface area contributed by atoms with E-state index < -0.39 is 0 Å². The van der Waals surface area contributed by atoms with Crippen LogP contribution in [0, 0.1) is 0 Å². The second-order valence-electron chi connectivity index (χ2n) is 5.38. The minimum atomic E-state index is 0.604.